The molecule has 2 rings (SSSR count). The standard InChI is InChI=1S/C17H20N2O3S/c1-14(18)12-17(20)19(13-15-8-4-2-5-9-15)23(21,22)16-10-6-3-7-11-16/h2-11,14H,12-13,18H2,1H3. The number of benzene rings is 2. The highest BCUT2D eigenvalue weighted by atomic mass is 32.2. The van der Waals surface area contributed by atoms with Gasteiger partial charge >= 0.3 is 0 Å². The summed E-state index contributed by atoms with van der Waals surface area (Å²) < 4.78 is 26.6. The molecule has 0 radical (unpaired) electrons. The molecule has 2 aromatic rings. The van der Waals surface area contributed by atoms with Gasteiger partial charge in [-0.25, -0.2) is 12.7 Å². The van der Waals surface area contributed by atoms with Crippen molar-refractivity contribution in [2.75, 3.05) is 0 Å². The van der Waals surface area contributed by atoms with Crippen LogP contribution in [0.4, 0.5) is 0 Å². The second-order valence-corrected chi connectivity index (χ2v) is 7.25. The van der Waals surface area contributed by atoms with Crippen LogP contribution in [0, 0.1) is 0 Å². The molecule has 0 fully saturated rings. The molecular weight excluding hydrogens is 312 g/mol. The molecule has 23 heavy (non-hydrogen) atoms. The van der Waals surface area contributed by atoms with Crippen LogP contribution in [0.2, 0.25) is 0 Å². The number of carbonyl (C=O) groups excluding carboxylic acids is 1. The van der Waals surface area contributed by atoms with Crippen molar-refractivity contribution in [1.29, 1.82) is 0 Å². The van der Waals surface area contributed by atoms with Crippen molar-refractivity contribution in [2.24, 2.45) is 5.73 Å². The van der Waals surface area contributed by atoms with Gasteiger partial charge in [0.1, 0.15) is 0 Å². The Bertz CT molecular complexity index is 744. The molecule has 0 spiro atoms. The predicted octanol–water partition coefficient (Wildman–Crippen LogP) is 2.14. The fraction of sp³-hybridized carbons (Fsp3) is 0.235. The van der Waals surface area contributed by atoms with Gasteiger partial charge in [-0.05, 0) is 24.6 Å². The number of nitrogens with two attached hydrogens (primary N) is 1. The van der Waals surface area contributed by atoms with Gasteiger partial charge in [0.2, 0.25) is 5.91 Å². The first-order valence-electron chi connectivity index (χ1n) is 7.31. The van der Waals surface area contributed by atoms with Crippen LogP contribution in [0.3, 0.4) is 0 Å². The molecule has 0 bridgehead atoms. The van der Waals surface area contributed by atoms with Gasteiger partial charge in [0, 0.05) is 12.5 Å². The van der Waals surface area contributed by atoms with E-state index in [1.165, 1.54) is 12.1 Å². The third-order valence-corrected chi connectivity index (χ3v) is 5.06. The van der Waals surface area contributed by atoms with Crippen LogP contribution in [0.15, 0.2) is 65.6 Å². The molecule has 1 amide bonds. The molecule has 0 aliphatic carbocycles. The second-order valence-electron chi connectivity index (χ2n) is 5.39. The monoisotopic (exact) mass is 332 g/mol. The van der Waals surface area contributed by atoms with Crippen molar-refractivity contribution in [2.45, 2.75) is 30.8 Å². The van der Waals surface area contributed by atoms with Gasteiger partial charge in [-0.15, -0.1) is 0 Å². The lowest BCUT2D eigenvalue weighted by molar-refractivity contribution is -0.127. The third-order valence-electron chi connectivity index (χ3n) is 3.27. The average Bonchev–Trinajstić information content (AvgIpc) is 2.53. The van der Waals surface area contributed by atoms with Gasteiger partial charge in [-0.2, -0.15) is 0 Å². The molecule has 2 aromatic carbocycles. The van der Waals surface area contributed by atoms with Gasteiger partial charge in [0.25, 0.3) is 10.0 Å². The van der Waals surface area contributed by atoms with Crippen LogP contribution < -0.4 is 5.73 Å². The summed E-state index contributed by atoms with van der Waals surface area (Å²) >= 11 is 0. The molecule has 0 aliphatic rings. The number of hydrogen-bond acceptors (Lipinski definition) is 4. The lowest BCUT2D eigenvalue weighted by Gasteiger charge is -2.23. The minimum absolute atomic E-state index is 0.0103. The van der Waals surface area contributed by atoms with Crippen molar-refractivity contribution >= 4 is 15.9 Å². The van der Waals surface area contributed by atoms with E-state index >= 15 is 0 Å². The summed E-state index contributed by atoms with van der Waals surface area (Å²) in [7, 11) is -3.92. The molecule has 0 aliphatic heterocycles. The maximum Gasteiger partial charge on any atom is 0.266 e. The summed E-state index contributed by atoms with van der Waals surface area (Å²) in [6.45, 7) is 1.66. The van der Waals surface area contributed by atoms with Crippen LogP contribution in [0.1, 0.15) is 18.9 Å². The predicted molar refractivity (Wildman–Crippen MR) is 88.9 cm³/mol. The Morgan fingerprint density at radius 1 is 1.04 bits per heavy atom. The fourth-order valence-corrected chi connectivity index (χ4v) is 3.57. The van der Waals surface area contributed by atoms with Gasteiger partial charge in [-0.3, -0.25) is 4.79 Å². The molecule has 1 unspecified atom stereocenters. The van der Waals surface area contributed by atoms with Crippen molar-refractivity contribution in [3.8, 4) is 0 Å². The van der Waals surface area contributed by atoms with Crippen LogP contribution >= 0.6 is 0 Å². The summed E-state index contributed by atoms with van der Waals surface area (Å²) in [5.74, 6) is -0.507. The average molecular weight is 332 g/mol. The van der Waals surface area contributed by atoms with Crippen molar-refractivity contribution in [3.05, 3.63) is 66.2 Å². The Morgan fingerprint density at radius 2 is 1.57 bits per heavy atom. The van der Waals surface area contributed by atoms with E-state index in [-0.39, 0.29) is 17.9 Å². The highest BCUT2D eigenvalue weighted by molar-refractivity contribution is 7.89. The maximum absolute atomic E-state index is 12.8. The number of amides is 1. The fourth-order valence-electron chi connectivity index (χ4n) is 2.15. The highest BCUT2D eigenvalue weighted by Crippen LogP contribution is 2.19. The SMILES string of the molecule is CC(N)CC(=O)N(Cc1ccccc1)S(=O)(=O)c1ccccc1. The maximum atomic E-state index is 12.8. The van der Waals surface area contributed by atoms with E-state index in [2.05, 4.69) is 0 Å². The zero-order chi connectivity index (χ0) is 16.9. The quantitative estimate of drug-likeness (QED) is 0.879. The van der Waals surface area contributed by atoms with Crippen LogP contribution in [-0.4, -0.2) is 24.7 Å². The van der Waals surface area contributed by atoms with E-state index in [4.69, 9.17) is 5.73 Å². The molecule has 2 N–H and O–H groups in total. The van der Waals surface area contributed by atoms with Crippen LogP contribution in [0.25, 0.3) is 0 Å². The van der Waals surface area contributed by atoms with Crippen LogP contribution in [-0.2, 0) is 21.4 Å². The molecule has 6 heteroatoms. The minimum Gasteiger partial charge on any atom is -0.327 e. The van der Waals surface area contributed by atoms with Crippen molar-refractivity contribution in [3.63, 3.8) is 0 Å². The molecule has 5 nitrogen and oxygen atoms in total. The molecule has 1 atom stereocenters. The van der Waals surface area contributed by atoms with E-state index in [1.54, 1.807) is 49.4 Å². The first-order valence-corrected chi connectivity index (χ1v) is 8.75. The normalized spacial score (nSPS) is 12.6. The zero-order valence-electron chi connectivity index (χ0n) is 12.9. The number of nitrogens with zero attached hydrogens (tertiary/aromatic N) is 1. The number of rotatable bonds is 6. The Balaban J connectivity index is 2.38. The van der Waals surface area contributed by atoms with Crippen molar-refractivity contribution in [1.82, 2.24) is 4.31 Å². The van der Waals surface area contributed by atoms with E-state index < -0.39 is 22.0 Å². The summed E-state index contributed by atoms with van der Waals surface area (Å²) in [6.07, 6.45) is -0.0289. The number of carbonyl (C=O) groups is 1. The van der Waals surface area contributed by atoms with E-state index in [0.717, 1.165) is 9.87 Å². The number of hydrogen-bond donors (Lipinski definition) is 1. The van der Waals surface area contributed by atoms with Crippen LogP contribution in [0.5, 0.6) is 0 Å². The third kappa shape index (κ3) is 4.40. The smallest absolute Gasteiger partial charge is 0.266 e. The molecular formula is C17H20N2O3S. The molecule has 0 saturated heterocycles. The topological polar surface area (TPSA) is 80.5 Å². The summed E-state index contributed by atoms with van der Waals surface area (Å²) in [6, 6.07) is 16.5. The van der Waals surface area contributed by atoms with Gasteiger partial charge in [0.05, 0.1) is 11.4 Å². The van der Waals surface area contributed by atoms with E-state index in [0.29, 0.717) is 0 Å². The van der Waals surface area contributed by atoms with E-state index in [1.807, 2.05) is 6.07 Å². The summed E-state index contributed by atoms with van der Waals surface area (Å²) in [5.41, 5.74) is 6.40. The molecule has 122 valence electrons. The van der Waals surface area contributed by atoms with Gasteiger partial charge < -0.3 is 5.73 Å². The Labute approximate surface area is 136 Å². The lowest BCUT2D eigenvalue weighted by atomic mass is 10.2. The van der Waals surface area contributed by atoms with Gasteiger partial charge in [0.15, 0.2) is 0 Å². The molecule has 0 aromatic heterocycles. The second kappa shape index (κ2) is 7.39. The number of sulfonamides is 1. The molecule has 0 saturated carbocycles. The molecule has 0 heterocycles. The first-order chi connectivity index (χ1) is 10.9. The summed E-state index contributed by atoms with van der Waals surface area (Å²) in [5, 5.41) is 0. The zero-order valence-corrected chi connectivity index (χ0v) is 13.7. The van der Waals surface area contributed by atoms with Crippen molar-refractivity contribution < 1.29 is 13.2 Å². The Morgan fingerprint density at radius 3 is 2.09 bits per heavy atom. The van der Waals surface area contributed by atoms with E-state index in [9.17, 15) is 13.2 Å². The minimum atomic E-state index is -3.92. The lowest BCUT2D eigenvalue weighted by Crippen LogP contribution is -2.39. The summed E-state index contributed by atoms with van der Waals surface area (Å²) in [4.78, 5) is 12.5. The first kappa shape index (κ1) is 17.2. The Kier molecular flexibility index (Phi) is 5.52. The van der Waals surface area contributed by atoms with Gasteiger partial charge in [-0.1, -0.05) is 48.5 Å². The Hall–Kier alpha value is -2.18. The largest absolute Gasteiger partial charge is 0.327 e. The highest BCUT2D eigenvalue weighted by Gasteiger charge is 2.29.